The maximum Gasteiger partial charge on any atom is 0.279 e. The standard InChI is InChI=1S/C16H11ClN4O2S/c17-11-5-3-4-10(8-11)9-18-19-16(24)21-15(23)13-7-2-1-6-12(13)14(22)20-21/h1-9H,(H,19,24)(H,20,22)/b18-9+. The maximum absolute atomic E-state index is 12.4. The average molecular weight is 359 g/mol. The molecule has 120 valence electrons. The smallest absolute Gasteiger partial charge is 0.267 e. The molecule has 0 saturated carbocycles. The van der Waals surface area contributed by atoms with E-state index in [4.69, 9.17) is 23.8 Å². The van der Waals surface area contributed by atoms with Gasteiger partial charge in [0, 0.05) is 5.02 Å². The molecule has 24 heavy (non-hydrogen) atoms. The normalized spacial score (nSPS) is 11.0. The number of hydrogen-bond acceptors (Lipinski definition) is 4. The van der Waals surface area contributed by atoms with E-state index >= 15 is 0 Å². The van der Waals surface area contributed by atoms with Gasteiger partial charge in [0.15, 0.2) is 0 Å². The topological polar surface area (TPSA) is 79.2 Å². The van der Waals surface area contributed by atoms with Crippen LogP contribution in [0.5, 0.6) is 0 Å². The third-order valence-electron chi connectivity index (χ3n) is 3.24. The van der Waals surface area contributed by atoms with Gasteiger partial charge < -0.3 is 0 Å². The van der Waals surface area contributed by atoms with E-state index in [1.54, 1.807) is 42.5 Å². The second-order valence-electron chi connectivity index (χ2n) is 4.86. The van der Waals surface area contributed by atoms with E-state index in [1.807, 2.05) is 6.07 Å². The predicted octanol–water partition coefficient (Wildman–Crippen LogP) is 2.10. The Morgan fingerprint density at radius 3 is 2.67 bits per heavy atom. The molecule has 0 amide bonds. The highest BCUT2D eigenvalue weighted by Gasteiger charge is 2.09. The molecule has 3 rings (SSSR count). The molecule has 0 atom stereocenters. The van der Waals surface area contributed by atoms with E-state index in [-0.39, 0.29) is 10.5 Å². The van der Waals surface area contributed by atoms with Crippen LogP contribution in [0.4, 0.5) is 0 Å². The first kappa shape index (κ1) is 16.1. The van der Waals surface area contributed by atoms with Crippen LogP contribution >= 0.6 is 23.8 Å². The van der Waals surface area contributed by atoms with Crippen molar-refractivity contribution < 1.29 is 0 Å². The molecule has 0 aliphatic carbocycles. The Balaban J connectivity index is 1.88. The van der Waals surface area contributed by atoms with Crippen LogP contribution in [0.2, 0.25) is 5.02 Å². The Hall–Kier alpha value is -2.77. The van der Waals surface area contributed by atoms with Crippen LogP contribution in [-0.4, -0.2) is 21.1 Å². The Morgan fingerprint density at radius 2 is 1.92 bits per heavy atom. The predicted molar refractivity (Wildman–Crippen MR) is 99.0 cm³/mol. The molecule has 0 fully saturated rings. The lowest BCUT2D eigenvalue weighted by Gasteiger charge is -2.07. The molecule has 2 aromatic carbocycles. The van der Waals surface area contributed by atoms with E-state index in [0.717, 1.165) is 10.2 Å². The minimum absolute atomic E-state index is 0.0406. The number of rotatable bonds is 2. The molecule has 8 heteroatoms. The van der Waals surface area contributed by atoms with Gasteiger partial charge in [-0.3, -0.25) is 20.1 Å². The zero-order valence-corrected chi connectivity index (χ0v) is 13.8. The van der Waals surface area contributed by atoms with Gasteiger partial charge in [-0.2, -0.15) is 9.78 Å². The van der Waals surface area contributed by atoms with Crippen LogP contribution in [0.25, 0.3) is 10.8 Å². The number of thiocarbonyl (C=S) groups is 1. The fraction of sp³-hybridized carbons (Fsp3) is 0. The van der Waals surface area contributed by atoms with Gasteiger partial charge in [-0.15, -0.1) is 0 Å². The van der Waals surface area contributed by atoms with Gasteiger partial charge in [0.25, 0.3) is 11.1 Å². The molecular formula is C16H11ClN4O2S. The number of H-pyrrole nitrogens is 1. The molecule has 1 heterocycles. The fourth-order valence-electron chi connectivity index (χ4n) is 2.14. The second kappa shape index (κ2) is 6.77. The molecule has 6 nitrogen and oxygen atoms in total. The molecule has 3 aromatic rings. The van der Waals surface area contributed by atoms with E-state index in [0.29, 0.717) is 10.4 Å². The lowest BCUT2D eigenvalue weighted by atomic mass is 10.2. The van der Waals surface area contributed by atoms with Crippen molar-refractivity contribution >= 4 is 45.9 Å². The van der Waals surface area contributed by atoms with Crippen LogP contribution in [0.3, 0.4) is 0 Å². The third-order valence-corrected chi connectivity index (χ3v) is 3.75. The van der Waals surface area contributed by atoms with E-state index < -0.39 is 11.1 Å². The van der Waals surface area contributed by atoms with E-state index in [2.05, 4.69) is 15.6 Å². The number of hydrogen-bond donors (Lipinski definition) is 2. The average Bonchev–Trinajstić information content (AvgIpc) is 2.58. The number of nitrogens with one attached hydrogen (secondary N) is 2. The van der Waals surface area contributed by atoms with Crippen LogP contribution < -0.4 is 16.5 Å². The molecule has 0 bridgehead atoms. The maximum atomic E-state index is 12.4. The quantitative estimate of drug-likeness (QED) is 0.418. The van der Waals surface area contributed by atoms with Crippen molar-refractivity contribution in [2.24, 2.45) is 5.10 Å². The van der Waals surface area contributed by atoms with Crippen molar-refractivity contribution in [2.45, 2.75) is 0 Å². The molecular weight excluding hydrogens is 348 g/mol. The SMILES string of the molecule is O=c1[nH]n(C(=S)N/N=C/c2cccc(Cl)c2)c(=O)c2ccccc12. The van der Waals surface area contributed by atoms with Gasteiger partial charge in [0.1, 0.15) is 0 Å². The highest BCUT2D eigenvalue weighted by atomic mass is 35.5. The van der Waals surface area contributed by atoms with Crippen molar-refractivity contribution in [3.8, 4) is 0 Å². The van der Waals surface area contributed by atoms with Crippen LogP contribution in [0, 0.1) is 0 Å². The van der Waals surface area contributed by atoms with Gasteiger partial charge in [0.2, 0.25) is 5.11 Å². The van der Waals surface area contributed by atoms with Crippen molar-refractivity contribution in [1.29, 1.82) is 0 Å². The largest absolute Gasteiger partial charge is 0.279 e. The first-order valence-electron chi connectivity index (χ1n) is 6.89. The first-order chi connectivity index (χ1) is 11.6. The zero-order valence-electron chi connectivity index (χ0n) is 12.2. The lowest BCUT2D eigenvalue weighted by molar-refractivity contribution is 0.813. The number of benzene rings is 2. The van der Waals surface area contributed by atoms with Gasteiger partial charge in [-0.1, -0.05) is 35.9 Å². The summed E-state index contributed by atoms with van der Waals surface area (Å²) in [6, 6.07) is 13.6. The molecule has 0 saturated heterocycles. The van der Waals surface area contributed by atoms with Crippen molar-refractivity contribution in [1.82, 2.24) is 15.2 Å². The minimum atomic E-state index is -0.430. The van der Waals surface area contributed by atoms with Crippen molar-refractivity contribution in [3.05, 3.63) is 79.8 Å². The van der Waals surface area contributed by atoms with Crippen LogP contribution in [-0.2, 0) is 0 Å². The number of hydrazone groups is 1. The molecule has 0 spiro atoms. The molecule has 1 aromatic heterocycles. The van der Waals surface area contributed by atoms with Gasteiger partial charge >= 0.3 is 0 Å². The molecule has 0 aliphatic rings. The molecule has 0 unspecified atom stereocenters. The van der Waals surface area contributed by atoms with Gasteiger partial charge in [0.05, 0.1) is 17.0 Å². The summed E-state index contributed by atoms with van der Waals surface area (Å²) in [5.41, 5.74) is 2.47. The Kier molecular flexibility index (Phi) is 4.54. The number of fused-ring (bicyclic) bond motifs is 1. The summed E-state index contributed by atoms with van der Waals surface area (Å²) in [7, 11) is 0. The summed E-state index contributed by atoms with van der Waals surface area (Å²) in [5, 5.41) is 7.51. The molecule has 0 aliphatic heterocycles. The third kappa shape index (κ3) is 3.27. The van der Waals surface area contributed by atoms with Crippen molar-refractivity contribution in [2.75, 3.05) is 0 Å². The summed E-state index contributed by atoms with van der Waals surface area (Å²) in [6.07, 6.45) is 1.50. The van der Waals surface area contributed by atoms with Gasteiger partial charge in [-0.05, 0) is 42.0 Å². The summed E-state index contributed by atoms with van der Waals surface area (Å²) in [4.78, 5) is 24.4. The Labute approximate surface area is 146 Å². The highest BCUT2D eigenvalue weighted by Crippen LogP contribution is 2.08. The summed E-state index contributed by atoms with van der Waals surface area (Å²) in [5.74, 6) is 0. The second-order valence-corrected chi connectivity index (χ2v) is 5.68. The molecule has 2 N–H and O–H groups in total. The van der Waals surface area contributed by atoms with Crippen LogP contribution in [0.15, 0.2) is 63.2 Å². The monoisotopic (exact) mass is 358 g/mol. The summed E-state index contributed by atoms with van der Waals surface area (Å²) >= 11 is 11.0. The minimum Gasteiger partial charge on any atom is -0.267 e. The van der Waals surface area contributed by atoms with Crippen molar-refractivity contribution in [3.63, 3.8) is 0 Å². The number of aromatic amines is 1. The summed E-state index contributed by atoms with van der Waals surface area (Å²) < 4.78 is 0.954. The summed E-state index contributed by atoms with van der Waals surface area (Å²) in [6.45, 7) is 0. The molecule has 0 radical (unpaired) electrons. The van der Waals surface area contributed by atoms with E-state index in [9.17, 15) is 9.59 Å². The van der Waals surface area contributed by atoms with Crippen LogP contribution in [0.1, 0.15) is 5.56 Å². The number of halogens is 1. The zero-order chi connectivity index (χ0) is 17.1. The number of aromatic nitrogens is 2. The van der Waals surface area contributed by atoms with E-state index in [1.165, 1.54) is 6.21 Å². The lowest BCUT2D eigenvalue weighted by Crippen LogP contribution is -2.39. The Morgan fingerprint density at radius 1 is 1.17 bits per heavy atom. The Bertz CT molecular complexity index is 1070. The fourth-order valence-corrected chi connectivity index (χ4v) is 2.52. The van der Waals surface area contributed by atoms with Gasteiger partial charge in [-0.25, -0.2) is 0 Å². The highest BCUT2D eigenvalue weighted by molar-refractivity contribution is 7.80. The first-order valence-corrected chi connectivity index (χ1v) is 7.68. The number of nitrogens with zero attached hydrogens (tertiary/aromatic N) is 2.